The summed E-state index contributed by atoms with van der Waals surface area (Å²) in [5.74, 6) is 0.512. The number of nitrogens with zero attached hydrogens (tertiary/aromatic N) is 3. The predicted octanol–water partition coefficient (Wildman–Crippen LogP) is 8.28. The summed E-state index contributed by atoms with van der Waals surface area (Å²) in [4.78, 5) is 19.6. The quantitative estimate of drug-likeness (QED) is 0.201. The zero-order chi connectivity index (χ0) is 33.0. The molecule has 10 heteroatoms. The van der Waals surface area contributed by atoms with Crippen molar-refractivity contribution in [2.45, 2.75) is 58.8 Å². The molecule has 1 aliphatic rings. The number of amides is 1. The summed E-state index contributed by atoms with van der Waals surface area (Å²) in [7, 11) is 0. The van der Waals surface area contributed by atoms with Gasteiger partial charge in [-0.05, 0) is 91.4 Å². The van der Waals surface area contributed by atoms with Crippen molar-refractivity contribution in [3.05, 3.63) is 93.7 Å². The molecule has 0 saturated carbocycles. The maximum Gasteiger partial charge on any atom is 0.407 e. The molecule has 0 unspecified atom stereocenters. The Labute approximate surface area is 276 Å². The Hall–Kier alpha value is -4.62. The van der Waals surface area contributed by atoms with Crippen molar-refractivity contribution in [2.24, 2.45) is 0 Å². The number of phenols is 1. The van der Waals surface area contributed by atoms with Gasteiger partial charge in [-0.25, -0.2) is 14.2 Å². The largest absolute Gasteiger partial charge is 0.508 e. The third-order valence-electron chi connectivity index (χ3n) is 7.68. The van der Waals surface area contributed by atoms with E-state index in [1.165, 1.54) is 12.1 Å². The molecular weight excluding hydrogens is 651 g/mol. The predicted molar refractivity (Wildman–Crippen MR) is 179 cm³/mol. The minimum Gasteiger partial charge on any atom is -0.508 e. The van der Waals surface area contributed by atoms with Crippen molar-refractivity contribution in [1.29, 1.82) is 5.26 Å². The number of benzene rings is 3. The summed E-state index contributed by atoms with van der Waals surface area (Å²) in [6, 6.07) is 21.3. The molecule has 1 fully saturated rings. The molecule has 8 nitrogen and oxygen atoms in total. The number of aryl methyl sites for hydroxylation is 1. The molecule has 3 aromatic carbocycles. The lowest BCUT2D eigenvalue weighted by molar-refractivity contribution is 0.0497. The SMILES string of the molecule is Cc1ccc(-c2c(-c3ccc(C#N)c(F)c3)nc(N3CCC(NC(=O)OC(C)(C)C)CC3)c(Br)c2OCc2ccccc2)cc1O. The van der Waals surface area contributed by atoms with E-state index in [0.29, 0.717) is 69.9 Å². The summed E-state index contributed by atoms with van der Waals surface area (Å²) in [6.45, 7) is 8.70. The molecule has 0 atom stereocenters. The second-order valence-corrected chi connectivity index (χ2v) is 13.1. The van der Waals surface area contributed by atoms with Crippen LogP contribution in [0.4, 0.5) is 15.0 Å². The van der Waals surface area contributed by atoms with Crippen LogP contribution < -0.4 is 15.0 Å². The number of hydrogen-bond acceptors (Lipinski definition) is 7. The van der Waals surface area contributed by atoms with Crippen LogP contribution in [0.15, 0.2) is 71.2 Å². The first-order valence-electron chi connectivity index (χ1n) is 15.1. The highest BCUT2D eigenvalue weighted by Crippen LogP contribution is 2.48. The van der Waals surface area contributed by atoms with Crippen LogP contribution in [-0.2, 0) is 11.3 Å². The van der Waals surface area contributed by atoms with Crippen molar-refractivity contribution < 1.29 is 23.8 Å². The van der Waals surface area contributed by atoms with Gasteiger partial charge in [0.25, 0.3) is 0 Å². The van der Waals surface area contributed by atoms with Crippen LogP contribution in [0.5, 0.6) is 11.5 Å². The van der Waals surface area contributed by atoms with Crippen LogP contribution >= 0.6 is 15.9 Å². The van der Waals surface area contributed by atoms with Gasteiger partial charge in [0.1, 0.15) is 45.9 Å². The minimum atomic E-state index is -0.662. The van der Waals surface area contributed by atoms with Crippen molar-refractivity contribution in [2.75, 3.05) is 18.0 Å². The molecule has 46 heavy (non-hydrogen) atoms. The lowest BCUT2D eigenvalue weighted by atomic mass is 9.96. The highest BCUT2D eigenvalue weighted by Gasteiger charge is 2.29. The number of nitrogens with one attached hydrogen (secondary N) is 1. The topological polar surface area (TPSA) is 108 Å². The number of nitriles is 1. The average Bonchev–Trinajstić information content (AvgIpc) is 3.01. The first-order valence-corrected chi connectivity index (χ1v) is 15.9. The lowest BCUT2D eigenvalue weighted by Gasteiger charge is -2.35. The van der Waals surface area contributed by atoms with Gasteiger partial charge in [-0.1, -0.05) is 48.5 Å². The average molecular weight is 688 g/mol. The molecule has 2 N–H and O–H groups in total. The maximum absolute atomic E-state index is 15.1. The Balaban J connectivity index is 1.60. The van der Waals surface area contributed by atoms with Crippen molar-refractivity contribution in [3.8, 4) is 40.0 Å². The molecule has 0 aliphatic carbocycles. The van der Waals surface area contributed by atoms with Crippen LogP contribution in [-0.4, -0.2) is 40.9 Å². The van der Waals surface area contributed by atoms with E-state index in [9.17, 15) is 15.2 Å². The maximum atomic E-state index is 15.1. The van der Waals surface area contributed by atoms with Crippen LogP contribution in [0.2, 0.25) is 0 Å². The standard InChI is InChI=1S/C36H36BrFN4O4/c1-22-10-11-24(19-29(22)43)30-32(25-12-13-26(20-39)28(38)18-25)41-34(31(37)33(30)45-21-23-8-6-5-7-9-23)42-16-14-27(15-17-42)40-35(44)46-36(2,3)4/h5-13,18-19,27,43H,14-17,21H2,1-4H3,(H,40,44). The van der Waals surface area contributed by atoms with Gasteiger partial charge in [-0.15, -0.1) is 0 Å². The van der Waals surface area contributed by atoms with Gasteiger partial charge in [-0.3, -0.25) is 0 Å². The van der Waals surface area contributed by atoms with E-state index in [4.69, 9.17) is 14.5 Å². The summed E-state index contributed by atoms with van der Waals surface area (Å²) in [5.41, 5.74) is 3.06. The van der Waals surface area contributed by atoms with Gasteiger partial charge in [0.15, 0.2) is 0 Å². The van der Waals surface area contributed by atoms with E-state index in [1.807, 2.05) is 63.2 Å². The van der Waals surface area contributed by atoms with Gasteiger partial charge >= 0.3 is 6.09 Å². The van der Waals surface area contributed by atoms with E-state index in [-0.39, 0.29) is 24.0 Å². The van der Waals surface area contributed by atoms with Crippen LogP contribution in [0.25, 0.3) is 22.4 Å². The normalized spacial score (nSPS) is 13.6. The fourth-order valence-electron chi connectivity index (χ4n) is 5.31. The number of anilines is 1. The molecule has 238 valence electrons. The van der Waals surface area contributed by atoms with Gasteiger partial charge in [0.2, 0.25) is 0 Å². The van der Waals surface area contributed by atoms with E-state index in [2.05, 4.69) is 26.1 Å². The lowest BCUT2D eigenvalue weighted by Crippen LogP contribution is -2.46. The van der Waals surface area contributed by atoms with Crippen molar-refractivity contribution in [3.63, 3.8) is 0 Å². The van der Waals surface area contributed by atoms with Gasteiger partial charge in [-0.2, -0.15) is 5.26 Å². The van der Waals surface area contributed by atoms with E-state index in [0.717, 1.165) is 5.56 Å². The molecule has 5 rings (SSSR count). The highest BCUT2D eigenvalue weighted by molar-refractivity contribution is 9.10. The van der Waals surface area contributed by atoms with Gasteiger partial charge in [0, 0.05) is 24.7 Å². The smallest absolute Gasteiger partial charge is 0.407 e. The van der Waals surface area contributed by atoms with Crippen LogP contribution in [0, 0.1) is 24.1 Å². The molecule has 0 spiro atoms. The fourth-order valence-corrected chi connectivity index (χ4v) is 5.96. The molecule has 1 aliphatic heterocycles. The number of carbonyl (C=O) groups is 1. The number of pyridine rings is 1. The fraction of sp³-hybridized carbons (Fsp3) is 0.306. The number of ether oxygens (including phenoxy) is 2. The van der Waals surface area contributed by atoms with Crippen molar-refractivity contribution in [1.82, 2.24) is 10.3 Å². The van der Waals surface area contributed by atoms with Crippen molar-refractivity contribution >= 4 is 27.8 Å². The molecule has 0 radical (unpaired) electrons. The first-order chi connectivity index (χ1) is 21.9. The Morgan fingerprint density at radius 2 is 1.80 bits per heavy atom. The molecular formula is C36H36BrFN4O4. The molecule has 4 aromatic rings. The number of halogens is 2. The summed E-state index contributed by atoms with van der Waals surface area (Å²) >= 11 is 3.81. The van der Waals surface area contributed by atoms with Crippen LogP contribution in [0.3, 0.4) is 0 Å². The zero-order valence-corrected chi connectivity index (χ0v) is 27.8. The molecule has 1 saturated heterocycles. The summed E-state index contributed by atoms with van der Waals surface area (Å²) in [6.07, 6.45) is 0.863. The number of hydrogen-bond donors (Lipinski definition) is 2. The number of aromatic hydroxyl groups is 1. The van der Waals surface area contributed by atoms with Gasteiger partial charge < -0.3 is 24.8 Å². The Morgan fingerprint density at radius 1 is 1.11 bits per heavy atom. The number of rotatable bonds is 7. The third kappa shape index (κ3) is 7.60. The van der Waals surface area contributed by atoms with E-state index >= 15 is 4.39 Å². The van der Waals surface area contributed by atoms with Gasteiger partial charge in [0.05, 0.1) is 16.8 Å². The Kier molecular flexibility index (Phi) is 9.82. The highest BCUT2D eigenvalue weighted by atomic mass is 79.9. The number of piperidine rings is 1. The number of phenolic OH excluding ortho intramolecular Hbond substituents is 1. The Morgan fingerprint density at radius 3 is 2.43 bits per heavy atom. The number of aromatic nitrogens is 1. The molecule has 1 amide bonds. The summed E-state index contributed by atoms with van der Waals surface area (Å²) < 4.78 is 27.7. The minimum absolute atomic E-state index is 0.0689. The number of carbonyl (C=O) groups excluding carboxylic acids is 1. The second kappa shape index (κ2) is 13.8. The van der Waals surface area contributed by atoms with E-state index in [1.54, 1.807) is 25.1 Å². The second-order valence-electron chi connectivity index (χ2n) is 12.3. The molecule has 1 aromatic heterocycles. The molecule has 2 heterocycles. The zero-order valence-electron chi connectivity index (χ0n) is 26.2. The third-order valence-corrected chi connectivity index (χ3v) is 8.39. The van der Waals surface area contributed by atoms with Crippen LogP contribution in [0.1, 0.15) is 50.3 Å². The number of alkyl carbamates (subject to hydrolysis) is 1. The van der Waals surface area contributed by atoms with E-state index < -0.39 is 17.5 Å². The monoisotopic (exact) mass is 686 g/mol. The molecule has 0 bridgehead atoms. The Bertz CT molecular complexity index is 1780. The summed E-state index contributed by atoms with van der Waals surface area (Å²) in [5, 5.41) is 23.0. The first kappa shape index (κ1) is 32.8.